The third-order valence-corrected chi connectivity index (χ3v) is 4.12. The molecule has 1 N–H and O–H groups in total. The highest BCUT2D eigenvalue weighted by Gasteiger charge is 2.14. The van der Waals surface area contributed by atoms with Crippen LogP contribution >= 0.6 is 15.9 Å². The quantitative estimate of drug-likeness (QED) is 0.708. The van der Waals surface area contributed by atoms with Crippen LogP contribution in [0.3, 0.4) is 0 Å². The minimum absolute atomic E-state index is 0.663. The Morgan fingerprint density at radius 3 is 2.57 bits per heavy atom. The maximum absolute atomic E-state index is 4.67. The third kappa shape index (κ3) is 6.35. The molecule has 1 rings (SSSR count). The summed E-state index contributed by atoms with van der Waals surface area (Å²) in [5.41, 5.74) is 1.27. The Hall–Kier alpha value is -0.610. The zero-order chi connectivity index (χ0) is 15.8. The summed E-state index contributed by atoms with van der Waals surface area (Å²) in [7, 11) is 0. The van der Waals surface area contributed by atoms with Gasteiger partial charge in [0.1, 0.15) is 5.82 Å². The Morgan fingerprint density at radius 2 is 2.00 bits per heavy atom. The molecule has 3 nitrogen and oxygen atoms in total. The van der Waals surface area contributed by atoms with Gasteiger partial charge in [-0.3, -0.25) is 0 Å². The largest absolute Gasteiger partial charge is 0.356 e. The van der Waals surface area contributed by atoms with Crippen LogP contribution in [0.5, 0.6) is 0 Å². The number of halogens is 1. The summed E-state index contributed by atoms with van der Waals surface area (Å²) in [6.45, 7) is 15.2. The van der Waals surface area contributed by atoms with Gasteiger partial charge < -0.3 is 10.2 Å². The average Bonchev–Trinajstić information content (AvgIpc) is 2.44. The second kappa shape index (κ2) is 9.42. The van der Waals surface area contributed by atoms with E-state index < -0.39 is 0 Å². The first-order chi connectivity index (χ1) is 9.97. The fourth-order valence-electron chi connectivity index (χ4n) is 2.25. The van der Waals surface area contributed by atoms with Gasteiger partial charge in [0.05, 0.1) is 0 Å². The molecule has 0 bridgehead atoms. The number of aromatic nitrogens is 1. The van der Waals surface area contributed by atoms with Gasteiger partial charge in [0, 0.05) is 35.9 Å². The fourth-order valence-corrected chi connectivity index (χ4v) is 2.63. The van der Waals surface area contributed by atoms with Crippen molar-refractivity contribution < 1.29 is 0 Å². The number of nitrogens with one attached hydrogen (secondary N) is 1. The van der Waals surface area contributed by atoms with Crippen LogP contribution < -0.4 is 10.2 Å². The van der Waals surface area contributed by atoms with Gasteiger partial charge in [0.25, 0.3) is 0 Å². The smallest absolute Gasteiger partial charge is 0.133 e. The maximum atomic E-state index is 4.67. The van der Waals surface area contributed by atoms with Gasteiger partial charge in [0.2, 0.25) is 0 Å². The Balaban J connectivity index is 2.87. The van der Waals surface area contributed by atoms with Gasteiger partial charge >= 0.3 is 0 Å². The van der Waals surface area contributed by atoms with E-state index in [-0.39, 0.29) is 0 Å². The Kier molecular flexibility index (Phi) is 8.27. The van der Waals surface area contributed by atoms with Crippen LogP contribution in [-0.2, 0) is 6.54 Å². The van der Waals surface area contributed by atoms with Crippen molar-refractivity contribution in [1.82, 2.24) is 10.3 Å². The Morgan fingerprint density at radius 1 is 1.29 bits per heavy atom. The van der Waals surface area contributed by atoms with Gasteiger partial charge in [-0.15, -0.1) is 0 Å². The molecule has 0 saturated carbocycles. The first-order valence-electron chi connectivity index (χ1n) is 8.07. The lowest BCUT2D eigenvalue weighted by Gasteiger charge is -2.27. The highest BCUT2D eigenvalue weighted by Crippen LogP contribution is 2.23. The van der Waals surface area contributed by atoms with E-state index in [1.165, 1.54) is 12.0 Å². The predicted molar refractivity (Wildman–Crippen MR) is 95.8 cm³/mol. The molecule has 0 aliphatic carbocycles. The summed E-state index contributed by atoms with van der Waals surface area (Å²) < 4.78 is 1.05. The van der Waals surface area contributed by atoms with E-state index in [1.807, 2.05) is 6.20 Å². The van der Waals surface area contributed by atoms with Gasteiger partial charge in [-0.05, 0) is 47.3 Å². The Labute approximate surface area is 138 Å². The molecule has 4 heteroatoms. The van der Waals surface area contributed by atoms with Crippen molar-refractivity contribution in [3.05, 3.63) is 22.3 Å². The van der Waals surface area contributed by atoms with Crippen LogP contribution in [0.2, 0.25) is 0 Å². The van der Waals surface area contributed by atoms with Crippen LogP contribution in [-0.4, -0.2) is 24.6 Å². The lowest BCUT2D eigenvalue weighted by Crippen LogP contribution is -2.31. The van der Waals surface area contributed by atoms with Crippen molar-refractivity contribution in [2.45, 2.75) is 47.6 Å². The standard InChI is InChI=1S/C17H30BrN3/c1-6-14(5)12-21(7-2)17-15(8-16(18)11-20-17)10-19-9-13(3)4/h8,11,13-14,19H,6-7,9-10,12H2,1-5H3. The second-order valence-electron chi connectivity index (χ2n) is 6.21. The molecule has 0 radical (unpaired) electrons. The molecule has 0 spiro atoms. The van der Waals surface area contributed by atoms with Crippen molar-refractivity contribution >= 4 is 21.7 Å². The van der Waals surface area contributed by atoms with E-state index in [4.69, 9.17) is 0 Å². The van der Waals surface area contributed by atoms with E-state index in [1.54, 1.807) is 0 Å². The first-order valence-corrected chi connectivity index (χ1v) is 8.87. The number of anilines is 1. The van der Waals surface area contributed by atoms with Crippen LogP contribution in [0.15, 0.2) is 16.7 Å². The van der Waals surface area contributed by atoms with E-state index in [2.05, 4.69) is 71.8 Å². The summed E-state index contributed by atoms with van der Waals surface area (Å²) in [6.07, 6.45) is 3.11. The lowest BCUT2D eigenvalue weighted by atomic mass is 10.1. The molecule has 1 unspecified atom stereocenters. The van der Waals surface area contributed by atoms with Gasteiger partial charge in [-0.1, -0.05) is 34.1 Å². The van der Waals surface area contributed by atoms with Crippen molar-refractivity contribution in [3.63, 3.8) is 0 Å². The number of pyridine rings is 1. The number of hydrogen-bond acceptors (Lipinski definition) is 3. The molecular formula is C17H30BrN3. The van der Waals surface area contributed by atoms with Crippen molar-refractivity contribution in [1.29, 1.82) is 0 Å². The molecule has 0 aromatic carbocycles. The zero-order valence-corrected chi connectivity index (χ0v) is 15.7. The predicted octanol–water partition coefficient (Wildman–Crippen LogP) is 4.46. The van der Waals surface area contributed by atoms with Gasteiger partial charge in [-0.25, -0.2) is 4.98 Å². The summed E-state index contributed by atoms with van der Waals surface area (Å²) >= 11 is 3.54. The Bertz CT molecular complexity index is 420. The number of rotatable bonds is 9. The second-order valence-corrected chi connectivity index (χ2v) is 7.13. The summed E-state index contributed by atoms with van der Waals surface area (Å²) in [5, 5.41) is 3.53. The normalized spacial score (nSPS) is 12.7. The SMILES string of the molecule is CCC(C)CN(CC)c1ncc(Br)cc1CNCC(C)C. The average molecular weight is 356 g/mol. The molecular weight excluding hydrogens is 326 g/mol. The van der Waals surface area contributed by atoms with E-state index >= 15 is 0 Å². The molecule has 21 heavy (non-hydrogen) atoms. The molecule has 1 aromatic heterocycles. The van der Waals surface area contributed by atoms with Crippen LogP contribution in [0.25, 0.3) is 0 Å². The monoisotopic (exact) mass is 355 g/mol. The lowest BCUT2D eigenvalue weighted by molar-refractivity contribution is 0.537. The molecule has 0 aliphatic rings. The third-order valence-electron chi connectivity index (χ3n) is 3.69. The molecule has 1 atom stereocenters. The van der Waals surface area contributed by atoms with Gasteiger partial charge in [0.15, 0.2) is 0 Å². The minimum Gasteiger partial charge on any atom is -0.356 e. The highest BCUT2D eigenvalue weighted by molar-refractivity contribution is 9.10. The van der Waals surface area contributed by atoms with Gasteiger partial charge in [-0.2, -0.15) is 0 Å². The molecule has 120 valence electrons. The molecule has 0 fully saturated rings. The summed E-state index contributed by atoms with van der Waals surface area (Å²) in [5.74, 6) is 2.47. The van der Waals surface area contributed by atoms with Crippen LogP contribution in [0, 0.1) is 11.8 Å². The molecule has 1 aromatic rings. The fraction of sp³-hybridized carbons (Fsp3) is 0.706. The number of hydrogen-bond donors (Lipinski definition) is 1. The maximum Gasteiger partial charge on any atom is 0.133 e. The number of nitrogens with zero attached hydrogens (tertiary/aromatic N) is 2. The summed E-state index contributed by atoms with van der Waals surface area (Å²) in [4.78, 5) is 7.07. The molecule has 0 saturated heterocycles. The van der Waals surface area contributed by atoms with Crippen molar-refractivity contribution in [2.24, 2.45) is 11.8 Å². The molecule has 0 aliphatic heterocycles. The van der Waals surface area contributed by atoms with Crippen LogP contribution in [0.1, 0.15) is 46.6 Å². The first kappa shape index (κ1) is 18.4. The van der Waals surface area contributed by atoms with Crippen molar-refractivity contribution in [3.8, 4) is 0 Å². The van der Waals surface area contributed by atoms with E-state index in [0.29, 0.717) is 11.8 Å². The topological polar surface area (TPSA) is 28.2 Å². The zero-order valence-electron chi connectivity index (χ0n) is 14.1. The molecule has 0 amide bonds. The minimum atomic E-state index is 0.663. The summed E-state index contributed by atoms with van der Waals surface area (Å²) in [6, 6.07) is 2.19. The van der Waals surface area contributed by atoms with Crippen LogP contribution in [0.4, 0.5) is 5.82 Å². The van der Waals surface area contributed by atoms with E-state index in [9.17, 15) is 0 Å². The highest BCUT2D eigenvalue weighted by atomic mass is 79.9. The molecule has 1 heterocycles. The van der Waals surface area contributed by atoms with Crippen molar-refractivity contribution in [2.75, 3.05) is 24.5 Å². The van der Waals surface area contributed by atoms with E-state index in [0.717, 1.165) is 36.5 Å².